The molecule has 1 rings (SSSR count). The van der Waals surface area contributed by atoms with E-state index in [9.17, 15) is 9.59 Å². The molecule has 1 aliphatic rings. The second-order valence-electron chi connectivity index (χ2n) is 6.10. The fourth-order valence-electron chi connectivity index (χ4n) is 2.24. The highest BCUT2D eigenvalue weighted by Gasteiger charge is 2.32. The van der Waals surface area contributed by atoms with Crippen molar-refractivity contribution in [1.82, 2.24) is 10.2 Å². The predicted molar refractivity (Wildman–Crippen MR) is 73.6 cm³/mol. The van der Waals surface area contributed by atoms with Gasteiger partial charge in [0.05, 0.1) is 6.61 Å². The number of amides is 2. The Labute approximate surface area is 115 Å². The smallest absolute Gasteiger partial charge is 0.227 e. The molecule has 0 saturated carbocycles. The Bertz CT molecular complexity index is 315. The molecule has 0 aromatic heterocycles. The molecular formula is C14H26N2O3. The van der Waals surface area contributed by atoms with Crippen LogP contribution in [0.2, 0.25) is 0 Å². The van der Waals surface area contributed by atoms with E-state index in [0.29, 0.717) is 26.2 Å². The van der Waals surface area contributed by atoms with E-state index in [4.69, 9.17) is 4.74 Å². The molecule has 5 heteroatoms. The van der Waals surface area contributed by atoms with Crippen molar-refractivity contribution in [3.05, 3.63) is 0 Å². The molecule has 0 aliphatic carbocycles. The topological polar surface area (TPSA) is 58.6 Å². The zero-order chi connectivity index (χ0) is 14.5. The van der Waals surface area contributed by atoms with Gasteiger partial charge in [-0.15, -0.1) is 0 Å². The summed E-state index contributed by atoms with van der Waals surface area (Å²) in [5, 5.41) is 2.86. The molecule has 0 spiro atoms. The van der Waals surface area contributed by atoms with Gasteiger partial charge in [0.1, 0.15) is 0 Å². The number of rotatable bonds is 4. The van der Waals surface area contributed by atoms with Gasteiger partial charge in [0.2, 0.25) is 11.8 Å². The van der Waals surface area contributed by atoms with Crippen LogP contribution in [0.3, 0.4) is 0 Å². The van der Waals surface area contributed by atoms with E-state index >= 15 is 0 Å². The second kappa shape index (κ2) is 6.89. The molecule has 0 radical (unpaired) electrons. The molecule has 0 aromatic carbocycles. The van der Waals surface area contributed by atoms with Crippen LogP contribution >= 0.6 is 0 Å². The monoisotopic (exact) mass is 270 g/mol. The van der Waals surface area contributed by atoms with Gasteiger partial charge in [0, 0.05) is 38.1 Å². The van der Waals surface area contributed by atoms with E-state index in [2.05, 4.69) is 5.32 Å². The fraction of sp³-hybridized carbons (Fsp3) is 0.857. The van der Waals surface area contributed by atoms with E-state index < -0.39 is 0 Å². The number of nitrogens with zero attached hydrogens (tertiary/aromatic N) is 1. The van der Waals surface area contributed by atoms with E-state index in [1.165, 1.54) is 0 Å². The Morgan fingerprint density at radius 3 is 2.32 bits per heavy atom. The van der Waals surface area contributed by atoms with Gasteiger partial charge >= 0.3 is 0 Å². The normalized spacial score (nSPS) is 17.4. The van der Waals surface area contributed by atoms with Crippen LogP contribution in [0, 0.1) is 11.3 Å². The number of hydrogen-bond donors (Lipinski definition) is 1. The van der Waals surface area contributed by atoms with Crippen LogP contribution in [0.5, 0.6) is 0 Å². The van der Waals surface area contributed by atoms with Crippen molar-refractivity contribution in [3.63, 3.8) is 0 Å². The molecule has 1 N–H and O–H groups in total. The average Bonchev–Trinajstić information content (AvgIpc) is 2.37. The number of likely N-dealkylation sites (tertiary alicyclic amines) is 1. The van der Waals surface area contributed by atoms with Crippen LogP contribution in [0.1, 0.15) is 33.6 Å². The summed E-state index contributed by atoms with van der Waals surface area (Å²) in [6, 6.07) is 0. The number of carbonyl (C=O) groups is 2. The molecule has 19 heavy (non-hydrogen) atoms. The third-order valence-corrected chi connectivity index (χ3v) is 3.40. The zero-order valence-electron chi connectivity index (χ0n) is 12.5. The lowest BCUT2D eigenvalue weighted by Crippen LogP contribution is -2.46. The third kappa shape index (κ3) is 4.82. The molecule has 0 unspecified atom stereocenters. The summed E-state index contributed by atoms with van der Waals surface area (Å²) in [4.78, 5) is 25.9. The van der Waals surface area contributed by atoms with Crippen LogP contribution < -0.4 is 5.32 Å². The van der Waals surface area contributed by atoms with Gasteiger partial charge in [-0.25, -0.2) is 0 Å². The SMILES string of the molecule is COCCNC(=O)C1CCN(C(=O)C(C)(C)C)CC1. The first-order valence-corrected chi connectivity index (χ1v) is 6.92. The first-order valence-electron chi connectivity index (χ1n) is 6.92. The standard InChI is InChI=1S/C14H26N2O3/c1-14(2,3)13(18)16-8-5-11(6-9-16)12(17)15-7-10-19-4/h11H,5-10H2,1-4H3,(H,15,17). The molecule has 1 heterocycles. The maximum Gasteiger partial charge on any atom is 0.227 e. The quantitative estimate of drug-likeness (QED) is 0.776. The molecule has 5 nitrogen and oxygen atoms in total. The Kier molecular flexibility index (Phi) is 5.79. The summed E-state index contributed by atoms with van der Waals surface area (Å²) in [7, 11) is 1.61. The highest BCUT2D eigenvalue weighted by Crippen LogP contribution is 2.23. The lowest BCUT2D eigenvalue weighted by molar-refractivity contribution is -0.142. The van der Waals surface area contributed by atoms with Gasteiger partial charge in [0.15, 0.2) is 0 Å². The van der Waals surface area contributed by atoms with Crippen LogP contribution in [-0.4, -0.2) is 50.1 Å². The minimum Gasteiger partial charge on any atom is -0.383 e. The Morgan fingerprint density at radius 2 is 1.84 bits per heavy atom. The summed E-state index contributed by atoms with van der Waals surface area (Å²) in [6.07, 6.45) is 1.50. The van der Waals surface area contributed by atoms with Crippen molar-refractivity contribution in [2.24, 2.45) is 11.3 Å². The number of ether oxygens (including phenoxy) is 1. The summed E-state index contributed by atoms with van der Waals surface area (Å²) < 4.78 is 4.90. The van der Waals surface area contributed by atoms with E-state index in [1.54, 1.807) is 7.11 Å². The molecule has 110 valence electrons. The van der Waals surface area contributed by atoms with Crippen LogP contribution in [0.4, 0.5) is 0 Å². The van der Waals surface area contributed by atoms with Crippen LogP contribution in [0.15, 0.2) is 0 Å². The van der Waals surface area contributed by atoms with Crippen molar-refractivity contribution in [1.29, 1.82) is 0 Å². The Hall–Kier alpha value is -1.10. The minimum absolute atomic E-state index is 0.0286. The van der Waals surface area contributed by atoms with E-state index in [0.717, 1.165) is 12.8 Å². The van der Waals surface area contributed by atoms with Crippen molar-refractivity contribution in [3.8, 4) is 0 Å². The van der Waals surface area contributed by atoms with Gasteiger partial charge in [-0.1, -0.05) is 20.8 Å². The van der Waals surface area contributed by atoms with Gasteiger partial charge < -0.3 is 15.0 Å². The van der Waals surface area contributed by atoms with Crippen molar-refractivity contribution in [2.45, 2.75) is 33.6 Å². The van der Waals surface area contributed by atoms with Gasteiger partial charge in [-0.2, -0.15) is 0 Å². The molecule has 1 saturated heterocycles. The summed E-state index contributed by atoms with van der Waals surface area (Å²) in [5.74, 6) is 0.284. The zero-order valence-corrected chi connectivity index (χ0v) is 12.5. The third-order valence-electron chi connectivity index (χ3n) is 3.40. The fourth-order valence-corrected chi connectivity index (χ4v) is 2.24. The Balaban J connectivity index is 2.36. The lowest BCUT2D eigenvalue weighted by Gasteiger charge is -2.35. The van der Waals surface area contributed by atoms with Crippen LogP contribution in [0.25, 0.3) is 0 Å². The summed E-state index contributed by atoms with van der Waals surface area (Å²) in [5.41, 5.74) is -0.340. The van der Waals surface area contributed by atoms with Gasteiger partial charge in [-0.05, 0) is 12.8 Å². The second-order valence-corrected chi connectivity index (χ2v) is 6.10. The van der Waals surface area contributed by atoms with E-state index in [-0.39, 0.29) is 23.1 Å². The van der Waals surface area contributed by atoms with E-state index in [1.807, 2.05) is 25.7 Å². The number of carbonyl (C=O) groups excluding carboxylic acids is 2. The first-order chi connectivity index (χ1) is 8.86. The molecule has 0 atom stereocenters. The largest absolute Gasteiger partial charge is 0.383 e. The molecule has 2 amide bonds. The highest BCUT2D eigenvalue weighted by molar-refractivity contribution is 5.82. The molecule has 0 aromatic rings. The first kappa shape index (κ1) is 16.0. The number of methoxy groups -OCH3 is 1. The molecular weight excluding hydrogens is 244 g/mol. The van der Waals surface area contributed by atoms with Crippen molar-refractivity contribution in [2.75, 3.05) is 33.4 Å². The van der Waals surface area contributed by atoms with Gasteiger partial charge in [0.25, 0.3) is 0 Å². The Morgan fingerprint density at radius 1 is 1.26 bits per heavy atom. The lowest BCUT2D eigenvalue weighted by atomic mass is 9.91. The molecule has 1 fully saturated rings. The minimum atomic E-state index is -0.340. The maximum atomic E-state index is 12.1. The van der Waals surface area contributed by atoms with Crippen molar-refractivity contribution < 1.29 is 14.3 Å². The summed E-state index contributed by atoms with van der Waals surface area (Å²) >= 11 is 0. The maximum absolute atomic E-state index is 12.1. The number of nitrogens with one attached hydrogen (secondary N) is 1. The van der Waals surface area contributed by atoms with Gasteiger partial charge in [-0.3, -0.25) is 9.59 Å². The molecule has 1 aliphatic heterocycles. The molecule has 0 bridgehead atoms. The number of hydrogen-bond acceptors (Lipinski definition) is 3. The summed E-state index contributed by atoms with van der Waals surface area (Å²) in [6.45, 7) is 8.23. The number of piperidine rings is 1. The predicted octanol–water partition coefficient (Wildman–Crippen LogP) is 1.03. The van der Waals surface area contributed by atoms with Crippen molar-refractivity contribution >= 4 is 11.8 Å². The highest BCUT2D eigenvalue weighted by atomic mass is 16.5. The average molecular weight is 270 g/mol. The van der Waals surface area contributed by atoms with Crippen LogP contribution in [-0.2, 0) is 14.3 Å².